The van der Waals surface area contributed by atoms with Crippen LogP contribution in [0.5, 0.6) is 5.75 Å². The zero-order valence-corrected chi connectivity index (χ0v) is 10.6. The van der Waals surface area contributed by atoms with Crippen LogP contribution in [0.1, 0.15) is 17.4 Å². The molecule has 88 valence electrons. The first kappa shape index (κ1) is 12.9. The third kappa shape index (κ3) is 3.46. The van der Waals surface area contributed by atoms with Gasteiger partial charge in [0.25, 0.3) is 0 Å². The maximum atomic E-state index is 11.5. The van der Waals surface area contributed by atoms with Crippen molar-refractivity contribution in [2.75, 3.05) is 20.5 Å². The SMILES string of the molecule is CCOC(=O)c1ncc(Br)cc1OCOC. The molecule has 6 heteroatoms. The predicted octanol–water partition coefficient (Wildman–Crippen LogP) is 2.00. The van der Waals surface area contributed by atoms with Crippen LogP contribution in [-0.2, 0) is 9.47 Å². The molecule has 0 N–H and O–H groups in total. The van der Waals surface area contributed by atoms with Gasteiger partial charge < -0.3 is 14.2 Å². The zero-order valence-electron chi connectivity index (χ0n) is 9.03. The summed E-state index contributed by atoms with van der Waals surface area (Å²) in [4.78, 5) is 15.5. The lowest BCUT2D eigenvalue weighted by atomic mass is 10.3. The largest absolute Gasteiger partial charge is 0.465 e. The smallest absolute Gasteiger partial charge is 0.360 e. The number of ether oxygens (including phenoxy) is 3. The van der Waals surface area contributed by atoms with Crippen LogP contribution in [0.15, 0.2) is 16.7 Å². The van der Waals surface area contributed by atoms with Gasteiger partial charge in [-0.1, -0.05) is 0 Å². The van der Waals surface area contributed by atoms with Crippen LogP contribution in [-0.4, -0.2) is 31.5 Å². The minimum absolute atomic E-state index is 0.0462. The van der Waals surface area contributed by atoms with Gasteiger partial charge in [0.2, 0.25) is 0 Å². The molecule has 0 aliphatic rings. The predicted molar refractivity (Wildman–Crippen MR) is 60.4 cm³/mol. The van der Waals surface area contributed by atoms with Crippen LogP contribution in [0.3, 0.4) is 0 Å². The summed E-state index contributed by atoms with van der Waals surface area (Å²) >= 11 is 3.24. The topological polar surface area (TPSA) is 57.7 Å². The van der Waals surface area contributed by atoms with E-state index in [9.17, 15) is 4.79 Å². The maximum Gasteiger partial charge on any atom is 0.360 e. The second-order valence-electron chi connectivity index (χ2n) is 2.77. The van der Waals surface area contributed by atoms with Crippen molar-refractivity contribution in [3.8, 4) is 5.75 Å². The normalized spacial score (nSPS) is 9.94. The lowest BCUT2D eigenvalue weighted by Crippen LogP contribution is -2.11. The lowest BCUT2D eigenvalue weighted by Gasteiger charge is -2.09. The number of hydrogen-bond donors (Lipinski definition) is 0. The lowest BCUT2D eigenvalue weighted by molar-refractivity contribution is 0.0429. The van der Waals surface area contributed by atoms with Crippen LogP contribution in [0.25, 0.3) is 0 Å². The average molecular weight is 290 g/mol. The van der Waals surface area contributed by atoms with Gasteiger partial charge in [-0.15, -0.1) is 0 Å². The van der Waals surface area contributed by atoms with E-state index >= 15 is 0 Å². The molecule has 0 radical (unpaired) electrons. The fourth-order valence-electron chi connectivity index (χ4n) is 1.01. The van der Waals surface area contributed by atoms with Crippen LogP contribution in [0.4, 0.5) is 0 Å². The number of rotatable bonds is 5. The Morgan fingerprint density at radius 3 is 2.94 bits per heavy atom. The highest BCUT2D eigenvalue weighted by molar-refractivity contribution is 9.10. The first-order chi connectivity index (χ1) is 7.69. The minimum Gasteiger partial charge on any atom is -0.465 e. The van der Waals surface area contributed by atoms with Gasteiger partial charge in [0.15, 0.2) is 18.2 Å². The molecular weight excluding hydrogens is 278 g/mol. The average Bonchev–Trinajstić information content (AvgIpc) is 2.26. The summed E-state index contributed by atoms with van der Waals surface area (Å²) in [6, 6.07) is 1.64. The standard InChI is InChI=1S/C10H12BrNO4/c1-3-15-10(13)9-8(16-6-14-2)4-7(11)5-12-9/h4-5H,3,6H2,1-2H3. The highest BCUT2D eigenvalue weighted by Gasteiger charge is 2.16. The Kier molecular flexibility index (Phi) is 5.21. The summed E-state index contributed by atoms with van der Waals surface area (Å²) in [5.74, 6) is -0.184. The Labute approximate surface area is 102 Å². The second kappa shape index (κ2) is 6.44. The summed E-state index contributed by atoms with van der Waals surface area (Å²) in [7, 11) is 1.50. The molecule has 1 aromatic rings. The Balaban J connectivity index is 2.92. The van der Waals surface area contributed by atoms with E-state index in [2.05, 4.69) is 20.9 Å². The summed E-state index contributed by atoms with van der Waals surface area (Å²) in [6.07, 6.45) is 1.51. The molecule has 0 fully saturated rings. The summed E-state index contributed by atoms with van der Waals surface area (Å²) < 4.78 is 15.5. The summed E-state index contributed by atoms with van der Waals surface area (Å²) in [6.45, 7) is 2.07. The van der Waals surface area contributed by atoms with E-state index in [0.29, 0.717) is 16.8 Å². The molecule has 1 heterocycles. The molecule has 0 aliphatic heterocycles. The van der Waals surface area contributed by atoms with Crippen LogP contribution in [0, 0.1) is 0 Å². The molecule has 0 saturated heterocycles. The highest BCUT2D eigenvalue weighted by Crippen LogP contribution is 2.22. The van der Waals surface area contributed by atoms with E-state index in [1.807, 2.05) is 0 Å². The molecule has 0 unspecified atom stereocenters. The van der Waals surface area contributed by atoms with Crippen LogP contribution < -0.4 is 4.74 Å². The van der Waals surface area contributed by atoms with E-state index in [-0.39, 0.29) is 12.5 Å². The van der Waals surface area contributed by atoms with Crippen molar-refractivity contribution in [3.63, 3.8) is 0 Å². The van der Waals surface area contributed by atoms with Crippen molar-refractivity contribution in [1.29, 1.82) is 0 Å². The van der Waals surface area contributed by atoms with E-state index in [1.165, 1.54) is 13.3 Å². The molecule has 0 bridgehead atoms. The molecule has 0 atom stereocenters. The summed E-state index contributed by atoms with van der Waals surface area (Å²) in [5, 5.41) is 0. The van der Waals surface area contributed by atoms with Gasteiger partial charge in [0.05, 0.1) is 6.61 Å². The number of carbonyl (C=O) groups excluding carboxylic acids is 1. The van der Waals surface area contributed by atoms with Crippen molar-refractivity contribution >= 4 is 21.9 Å². The number of carbonyl (C=O) groups is 1. The van der Waals surface area contributed by atoms with Crippen molar-refractivity contribution in [2.45, 2.75) is 6.92 Å². The molecule has 0 aromatic carbocycles. The molecule has 0 spiro atoms. The van der Waals surface area contributed by atoms with Crippen molar-refractivity contribution in [3.05, 3.63) is 22.4 Å². The minimum atomic E-state index is -0.513. The molecule has 5 nitrogen and oxygen atoms in total. The molecule has 1 rings (SSSR count). The Morgan fingerprint density at radius 2 is 2.31 bits per heavy atom. The summed E-state index contributed by atoms with van der Waals surface area (Å²) in [5.41, 5.74) is 0.141. The monoisotopic (exact) mass is 289 g/mol. The van der Waals surface area contributed by atoms with Crippen molar-refractivity contribution < 1.29 is 19.0 Å². The number of halogens is 1. The van der Waals surface area contributed by atoms with Crippen molar-refractivity contribution in [1.82, 2.24) is 4.98 Å². The third-order valence-corrected chi connectivity index (χ3v) is 2.05. The first-order valence-corrected chi connectivity index (χ1v) is 5.42. The maximum absolute atomic E-state index is 11.5. The quantitative estimate of drug-likeness (QED) is 0.613. The molecule has 0 aliphatic carbocycles. The van der Waals surface area contributed by atoms with Gasteiger partial charge in [0.1, 0.15) is 0 Å². The van der Waals surface area contributed by atoms with E-state index < -0.39 is 5.97 Å². The highest BCUT2D eigenvalue weighted by atomic mass is 79.9. The van der Waals surface area contributed by atoms with E-state index in [1.54, 1.807) is 13.0 Å². The zero-order chi connectivity index (χ0) is 12.0. The molecule has 0 saturated carbocycles. The number of pyridine rings is 1. The Bertz CT molecular complexity index is 370. The second-order valence-corrected chi connectivity index (χ2v) is 3.69. The van der Waals surface area contributed by atoms with Gasteiger partial charge in [-0.05, 0) is 28.9 Å². The number of esters is 1. The third-order valence-electron chi connectivity index (χ3n) is 1.62. The molecule has 16 heavy (non-hydrogen) atoms. The van der Waals surface area contributed by atoms with Gasteiger partial charge in [-0.3, -0.25) is 0 Å². The van der Waals surface area contributed by atoms with Gasteiger partial charge in [0, 0.05) is 17.8 Å². The van der Waals surface area contributed by atoms with Crippen LogP contribution >= 0.6 is 15.9 Å². The number of hydrogen-bond acceptors (Lipinski definition) is 5. The van der Waals surface area contributed by atoms with Gasteiger partial charge in [-0.25, -0.2) is 9.78 Å². The number of aromatic nitrogens is 1. The van der Waals surface area contributed by atoms with E-state index in [4.69, 9.17) is 14.2 Å². The molecule has 1 aromatic heterocycles. The fourth-order valence-corrected chi connectivity index (χ4v) is 1.32. The fraction of sp³-hybridized carbons (Fsp3) is 0.400. The molecule has 0 amide bonds. The van der Waals surface area contributed by atoms with Gasteiger partial charge in [-0.2, -0.15) is 0 Å². The molecular formula is C10H12BrNO4. The Hall–Kier alpha value is -1.14. The first-order valence-electron chi connectivity index (χ1n) is 4.63. The van der Waals surface area contributed by atoms with Crippen molar-refractivity contribution in [2.24, 2.45) is 0 Å². The number of nitrogens with zero attached hydrogens (tertiary/aromatic N) is 1. The van der Waals surface area contributed by atoms with Gasteiger partial charge >= 0.3 is 5.97 Å². The van der Waals surface area contributed by atoms with E-state index in [0.717, 1.165) is 0 Å². The van der Waals surface area contributed by atoms with Crippen LogP contribution in [0.2, 0.25) is 0 Å². The Morgan fingerprint density at radius 1 is 1.56 bits per heavy atom. The number of methoxy groups -OCH3 is 1.